The Hall–Kier alpha value is -1.75. The molecule has 0 N–H and O–H groups in total. The van der Waals surface area contributed by atoms with Gasteiger partial charge in [0.05, 0.1) is 20.1 Å². The highest BCUT2D eigenvalue weighted by molar-refractivity contribution is 6.31. The molecule has 0 aromatic heterocycles. The average Bonchev–Trinajstić information content (AvgIpc) is 2.99. The van der Waals surface area contributed by atoms with E-state index in [-0.39, 0.29) is 13.0 Å². The van der Waals surface area contributed by atoms with Crippen molar-refractivity contribution in [2.45, 2.75) is 51.6 Å². The summed E-state index contributed by atoms with van der Waals surface area (Å²) in [6, 6.07) is 3.58. The molecule has 1 saturated carbocycles. The number of esters is 2. The van der Waals surface area contributed by atoms with Gasteiger partial charge < -0.3 is 14.2 Å². The van der Waals surface area contributed by atoms with Gasteiger partial charge in [0.25, 0.3) is 0 Å². The van der Waals surface area contributed by atoms with E-state index < -0.39 is 17.5 Å². The van der Waals surface area contributed by atoms with E-state index in [1.54, 1.807) is 13.0 Å². The number of carbonyl (C=O) groups excluding carboxylic acids is 2. The zero-order valence-electron chi connectivity index (χ0n) is 14.3. The van der Waals surface area contributed by atoms with Crippen LogP contribution in [0.3, 0.4) is 0 Å². The molecule has 0 saturated heterocycles. The van der Waals surface area contributed by atoms with Crippen molar-refractivity contribution >= 4 is 23.5 Å². The summed E-state index contributed by atoms with van der Waals surface area (Å²) in [7, 11) is 1.52. The van der Waals surface area contributed by atoms with E-state index in [0.717, 1.165) is 18.4 Å². The quantitative estimate of drug-likeness (QED) is 0.730. The standard InChI is InChI=1S/C18H23ClO5/c1-4-23-17(21)18(7-5-6-8-18)24-16(20)11-13-14(19)9-12(2)10-15(13)22-3/h9-10H,4-8,11H2,1-3H3. The SMILES string of the molecule is CCOC(=O)C1(OC(=O)Cc2c(Cl)cc(C)cc2OC)CCCC1. The van der Waals surface area contributed by atoms with Crippen molar-refractivity contribution in [1.82, 2.24) is 0 Å². The lowest BCUT2D eigenvalue weighted by atomic mass is 10.0. The number of hydrogen-bond donors (Lipinski definition) is 0. The first-order chi connectivity index (χ1) is 11.4. The van der Waals surface area contributed by atoms with Crippen LogP contribution in [-0.4, -0.2) is 31.3 Å². The Morgan fingerprint density at radius 2 is 1.92 bits per heavy atom. The van der Waals surface area contributed by atoms with Crippen molar-refractivity contribution in [3.63, 3.8) is 0 Å². The second-order valence-corrected chi connectivity index (χ2v) is 6.41. The molecule has 0 radical (unpaired) electrons. The summed E-state index contributed by atoms with van der Waals surface area (Å²) in [4.78, 5) is 24.7. The summed E-state index contributed by atoms with van der Waals surface area (Å²) in [5.74, 6) is -0.430. The van der Waals surface area contributed by atoms with Gasteiger partial charge in [0.2, 0.25) is 5.60 Å². The summed E-state index contributed by atoms with van der Waals surface area (Å²) < 4.78 is 16.0. The molecule has 1 fully saturated rings. The first kappa shape index (κ1) is 18.6. The van der Waals surface area contributed by atoms with E-state index in [9.17, 15) is 9.59 Å². The van der Waals surface area contributed by atoms with Gasteiger partial charge in [-0.2, -0.15) is 0 Å². The number of hydrogen-bond acceptors (Lipinski definition) is 5. The molecule has 1 aromatic carbocycles. The second kappa shape index (κ2) is 7.88. The topological polar surface area (TPSA) is 61.8 Å². The maximum Gasteiger partial charge on any atom is 0.350 e. The van der Waals surface area contributed by atoms with Crippen molar-refractivity contribution in [1.29, 1.82) is 0 Å². The van der Waals surface area contributed by atoms with Crippen LogP contribution >= 0.6 is 11.6 Å². The number of methoxy groups -OCH3 is 1. The molecule has 0 spiro atoms. The number of ether oxygens (including phenoxy) is 3. The van der Waals surface area contributed by atoms with Crippen LogP contribution in [0.1, 0.15) is 43.7 Å². The first-order valence-corrected chi connectivity index (χ1v) is 8.51. The van der Waals surface area contributed by atoms with Crippen LogP contribution in [0, 0.1) is 6.92 Å². The van der Waals surface area contributed by atoms with Gasteiger partial charge >= 0.3 is 11.9 Å². The molecule has 0 amide bonds. The molecule has 2 rings (SSSR count). The molecule has 0 unspecified atom stereocenters. The van der Waals surface area contributed by atoms with Crippen molar-refractivity contribution in [3.8, 4) is 5.75 Å². The predicted octanol–water partition coefficient (Wildman–Crippen LogP) is 3.62. The monoisotopic (exact) mass is 354 g/mol. The summed E-state index contributed by atoms with van der Waals surface area (Å²) in [6.07, 6.45) is 2.61. The summed E-state index contributed by atoms with van der Waals surface area (Å²) >= 11 is 6.24. The van der Waals surface area contributed by atoms with Gasteiger partial charge in [0.15, 0.2) is 0 Å². The van der Waals surface area contributed by atoms with Crippen LogP contribution < -0.4 is 4.74 Å². The minimum absolute atomic E-state index is 0.0521. The lowest BCUT2D eigenvalue weighted by Crippen LogP contribution is -2.42. The van der Waals surface area contributed by atoms with E-state index >= 15 is 0 Å². The molecule has 24 heavy (non-hydrogen) atoms. The maximum absolute atomic E-state index is 12.4. The number of aryl methyl sites for hydroxylation is 1. The summed E-state index contributed by atoms with van der Waals surface area (Å²) in [5, 5.41) is 0.445. The minimum atomic E-state index is -1.16. The predicted molar refractivity (Wildman–Crippen MR) is 90.4 cm³/mol. The van der Waals surface area contributed by atoms with Crippen LogP contribution in [-0.2, 0) is 25.5 Å². The van der Waals surface area contributed by atoms with Crippen molar-refractivity contribution in [3.05, 3.63) is 28.3 Å². The first-order valence-electron chi connectivity index (χ1n) is 8.14. The van der Waals surface area contributed by atoms with Gasteiger partial charge in [-0.15, -0.1) is 0 Å². The molecule has 0 heterocycles. The number of rotatable bonds is 6. The zero-order chi connectivity index (χ0) is 17.7. The minimum Gasteiger partial charge on any atom is -0.496 e. The van der Waals surface area contributed by atoms with E-state index in [1.165, 1.54) is 7.11 Å². The number of benzene rings is 1. The molecular weight excluding hydrogens is 332 g/mol. The Labute approximate surface area is 147 Å². The fourth-order valence-corrected chi connectivity index (χ4v) is 3.38. The Morgan fingerprint density at radius 1 is 1.25 bits per heavy atom. The van der Waals surface area contributed by atoms with Gasteiger partial charge in [0, 0.05) is 10.6 Å². The third-order valence-corrected chi connectivity index (χ3v) is 4.55. The fourth-order valence-electron chi connectivity index (χ4n) is 3.05. The number of halogens is 1. The lowest BCUT2D eigenvalue weighted by molar-refractivity contribution is -0.181. The molecular formula is C18H23ClO5. The van der Waals surface area contributed by atoms with Crippen LogP contribution in [0.2, 0.25) is 5.02 Å². The van der Waals surface area contributed by atoms with Gasteiger partial charge in [-0.25, -0.2) is 4.79 Å². The lowest BCUT2D eigenvalue weighted by Gasteiger charge is -2.26. The highest BCUT2D eigenvalue weighted by Gasteiger charge is 2.46. The second-order valence-electron chi connectivity index (χ2n) is 6.00. The maximum atomic E-state index is 12.4. The van der Waals surface area contributed by atoms with Gasteiger partial charge in [0.1, 0.15) is 5.75 Å². The summed E-state index contributed by atoms with van der Waals surface area (Å²) in [6.45, 7) is 3.89. The smallest absolute Gasteiger partial charge is 0.350 e. The van der Waals surface area contributed by atoms with Gasteiger partial charge in [-0.05, 0) is 57.2 Å². The van der Waals surface area contributed by atoms with Crippen molar-refractivity contribution < 1.29 is 23.8 Å². The molecule has 0 aliphatic heterocycles. The molecule has 1 aromatic rings. The number of carbonyl (C=O) groups is 2. The molecule has 1 aliphatic rings. The largest absolute Gasteiger partial charge is 0.496 e. The van der Waals surface area contributed by atoms with Crippen molar-refractivity contribution in [2.24, 2.45) is 0 Å². The van der Waals surface area contributed by atoms with Crippen LogP contribution in [0.15, 0.2) is 12.1 Å². The molecule has 132 valence electrons. The molecule has 6 heteroatoms. The van der Waals surface area contributed by atoms with E-state index in [0.29, 0.717) is 29.2 Å². The van der Waals surface area contributed by atoms with E-state index in [2.05, 4.69) is 0 Å². The normalized spacial score (nSPS) is 15.8. The van der Waals surface area contributed by atoms with E-state index in [4.69, 9.17) is 25.8 Å². The average molecular weight is 355 g/mol. The Balaban J connectivity index is 2.16. The summed E-state index contributed by atoms with van der Waals surface area (Å²) in [5.41, 5.74) is 0.344. The Kier molecular flexibility index (Phi) is 6.10. The highest BCUT2D eigenvalue weighted by Crippen LogP contribution is 2.36. The highest BCUT2D eigenvalue weighted by atomic mass is 35.5. The molecule has 1 aliphatic carbocycles. The molecule has 0 atom stereocenters. The van der Waals surface area contributed by atoms with Gasteiger partial charge in [-0.3, -0.25) is 4.79 Å². The van der Waals surface area contributed by atoms with Crippen molar-refractivity contribution in [2.75, 3.05) is 13.7 Å². The Bertz CT molecular complexity index is 620. The molecule has 0 bridgehead atoms. The Morgan fingerprint density at radius 3 is 2.50 bits per heavy atom. The third-order valence-electron chi connectivity index (χ3n) is 4.21. The van der Waals surface area contributed by atoms with Crippen LogP contribution in [0.25, 0.3) is 0 Å². The van der Waals surface area contributed by atoms with Crippen LogP contribution in [0.5, 0.6) is 5.75 Å². The van der Waals surface area contributed by atoms with Gasteiger partial charge in [-0.1, -0.05) is 11.6 Å². The zero-order valence-corrected chi connectivity index (χ0v) is 15.1. The van der Waals surface area contributed by atoms with Crippen LogP contribution in [0.4, 0.5) is 0 Å². The molecule has 5 nitrogen and oxygen atoms in total. The van der Waals surface area contributed by atoms with E-state index in [1.807, 2.05) is 13.0 Å². The third kappa shape index (κ3) is 4.01. The fraction of sp³-hybridized carbons (Fsp3) is 0.556.